The normalized spacial score (nSPS) is 14.8. The standard InChI is InChI=1S/C66H48N2/c1-3-15-49(16-4-1)67(53-39-41-63-59-23-9-7-19-55(59)57-21-11-13-25-61(57)65(63)43-53)51-35-31-47(32-36-51)45-27-29-46(30-28-45)48-33-37-52(38-34-48)68(50-17-5-2-6-18-50)54-40-42-64-60-24-10-8-20-56(60)58-22-12-14-26-62(58)66(64)44-54/h1,3-5,7-33,35-44,48H,2,6,34H2. The van der Waals surface area contributed by atoms with Crippen LogP contribution < -0.4 is 9.80 Å². The molecule has 0 amide bonds. The molecule has 2 aliphatic carbocycles. The fourth-order valence-electron chi connectivity index (χ4n) is 11.1. The molecule has 13 rings (SSSR count). The Morgan fingerprint density at radius 2 is 0.721 bits per heavy atom. The van der Waals surface area contributed by atoms with E-state index in [-0.39, 0.29) is 0 Å². The topological polar surface area (TPSA) is 6.48 Å². The van der Waals surface area contributed by atoms with E-state index in [0.29, 0.717) is 5.92 Å². The molecule has 0 fully saturated rings. The van der Waals surface area contributed by atoms with Gasteiger partial charge in [-0.2, -0.15) is 0 Å². The number of allylic oxidation sites excluding steroid dienone is 6. The van der Waals surface area contributed by atoms with Crippen molar-refractivity contribution >= 4 is 87.4 Å². The summed E-state index contributed by atoms with van der Waals surface area (Å²) in [5.74, 6) is 0.302. The van der Waals surface area contributed by atoms with Crippen LogP contribution in [0.3, 0.4) is 0 Å². The maximum absolute atomic E-state index is 2.46. The average Bonchev–Trinajstić information content (AvgIpc) is 3.42. The summed E-state index contributed by atoms with van der Waals surface area (Å²) in [7, 11) is 0. The van der Waals surface area contributed by atoms with Crippen molar-refractivity contribution < 1.29 is 0 Å². The van der Waals surface area contributed by atoms with Crippen LogP contribution in [0, 0.1) is 0 Å². The Labute approximate surface area is 397 Å². The van der Waals surface area contributed by atoms with E-state index in [1.54, 1.807) is 0 Å². The summed E-state index contributed by atoms with van der Waals surface area (Å²) >= 11 is 0. The largest absolute Gasteiger partial charge is 0.311 e. The van der Waals surface area contributed by atoms with Crippen LogP contribution in [0.4, 0.5) is 22.7 Å². The Balaban J connectivity index is 0.784. The smallest absolute Gasteiger partial charge is 0.0468 e. The number of nitrogens with zero attached hydrogens (tertiary/aromatic N) is 2. The van der Waals surface area contributed by atoms with E-state index in [4.69, 9.17) is 0 Å². The van der Waals surface area contributed by atoms with Gasteiger partial charge in [-0.05, 0) is 161 Å². The first-order chi connectivity index (χ1) is 33.7. The van der Waals surface area contributed by atoms with Crippen molar-refractivity contribution in [2.75, 3.05) is 9.80 Å². The van der Waals surface area contributed by atoms with E-state index in [9.17, 15) is 0 Å². The second-order valence-corrected chi connectivity index (χ2v) is 18.3. The molecule has 1 atom stereocenters. The molecule has 2 nitrogen and oxygen atoms in total. The zero-order valence-corrected chi connectivity index (χ0v) is 37.8. The van der Waals surface area contributed by atoms with Gasteiger partial charge in [-0.3, -0.25) is 0 Å². The molecule has 0 radical (unpaired) electrons. The second-order valence-electron chi connectivity index (χ2n) is 18.3. The SMILES string of the molecule is C1=CC(N(C2=CCC(c3ccc(-c4ccc(N(c5ccccc5)c5ccc6c7ccccc7c7ccccc7c6c5)cc4)cc3)C=C2)c2ccc3c4ccccc4c4ccccc4c3c2)=CCC1. The van der Waals surface area contributed by atoms with Crippen LogP contribution in [0.15, 0.2) is 260 Å². The molecule has 0 aromatic heterocycles. The first-order valence-electron chi connectivity index (χ1n) is 24.0. The fourth-order valence-corrected chi connectivity index (χ4v) is 11.1. The predicted octanol–water partition coefficient (Wildman–Crippen LogP) is 18.4. The average molecular weight is 869 g/mol. The molecule has 11 aromatic rings. The molecule has 1 unspecified atom stereocenters. The number of fused-ring (bicyclic) bond motifs is 12. The Hall–Kier alpha value is -8.46. The molecule has 68 heavy (non-hydrogen) atoms. The predicted molar refractivity (Wildman–Crippen MR) is 292 cm³/mol. The minimum Gasteiger partial charge on any atom is -0.311 e. The number of hydrogen-bond donors (Lipinski definition) is 0. The summed E-state index contributed by atoms with van der Waals surface area (Å²) in [6.45, 7) is 0. The number of hydrogen-bond acceptors (Lipinski definition) is 2. The maximum Gasteiger partial charge on any atom is 0.0468 e. The molecule has 0 heterocycles. The molecule has 0 saturated heterocycles. The first kappa shape index (κ1) is 39.9. The molecule has 2 aliphatic rings. The van der Waals surface area contributed by atoms with Crippen LogP contribution in [-0.2, 0) is 0 Å². The first-order valence-corrected chi connectivity index (χ1v) is 24.0. The monoisotopic (exact) mass is 868 g/mol. The van der Waals surface area contributed by atoms with Gasteiger partial charge in [0.2, 0.25) is 0 Å². The Morgan fingerprint density at radius 3 is 1.19 bits per heavy atom. The van der Waals surface area contributed by atoms with Crippen molar-refractivity contribution in [2.45, 2.75) is 25.2 Å². The fraction of sp³-hybridized carbons (Fsp3) is 0.0606. The highest BCUT2D eigenvalue weighted by Gasteiger charge is 2.21. The second kappa shape index (κ2) is 16.8. The number of anilines is 4. The van der Waals surface area contributed by atoms with Crippen molar-refractivity contribution in [1.29, 1.82) is 0 Å². The van der Waals surface area contributed by atoms with Crippen LogP contribution in [0.1, 0.15) is 30.7 Å². The molecule has 0 aliphatic heterocycles. The minimum atomic E-state index is 0.302. The van der Waals surface area contributed by atoms with Crippen molar-refractivity contribution in [1.82, 2.24) is 0 Å². The van der Waals surface area contributed by atoms with Gasteiger partial charge in [0.1, 0.15) is 0 Å². The zero-order valence-electron chi connectivity index (χ0n) is 37.8. The van der Waals surface area contributed by atoms with E-state index in [1.165, 1.54) is 98.4 Å². The quantitative estimate of drug-likeness (QED) is 0.140. The van der Waals surface area contributed by atoms with Crippen LogP contribution >= 0.6 is 0 Å². The van der Waals surface area contributed by atoms with Crippen molar-refractivity contribution in [3.8, 4) is 11.1 Å². The molecular formula is C66H48N2. The van der Waals surface area contributed by atoms with E-state index < -0.39 is 0 Å². The van der Waals surface area contributed by atoms with Gasteiger partial charge < -0.3 is 9.80 Å². The molecule has 322 valence electrons. The van der Waals surface area contributed by atoms with E-state index >= 15 is 0 Å². The third-order valence-electron chi connectivity index (χ3n) is 14.4. The number of para-hydroxylation sites is 1. The van der Waals surface area contributed by atoms with Crippen molar-refractivity contribution in [2.24, 2.45) is 0 Å². The zero-order chi connectivity index (χ0) is 45.0. The lowest BCUT2D eigenvalue weighted by Crippen LogP contribution is -2.22. The lowest BCUT2D eigenvalue weighted by atomic mass is 9.90. The summed E-state index contributed by atoms with van der Waals surface area (Å²) in [5.41, 5.74) is 10.8. The Bertz CT molecular complexity index is 3800. The van der Waals surface area contributed by atoms with Gasteiger partial charge in [0.25, 0.3) is 0 Å². The third-order valence-corrected chi connectivity index (χ3v) is 14.4. The van der Waals surface area contributed by atoms with Gasteiger partial charge in [0.05, 0.1) is 0 Å². The van der Waals surface area contributed by atoms with Gasteiger partial charge in [-0.1, -0.05) is 188 Å². The summed E-state index contributed by atoms with van der Waals surface area (Å²) < 4.78 is 0. The van der Waals surface area contributed by atoms with Crippen LogP contribution in [0.5, 0.6) is 0 Å². The highest BCUT2D eigenvalue weighted by molar-refractivity contribution is 6.27. The minimum absolute atomic E-state index is 0.302. The number of rotatable bonds is 8. The summed E-state index contributed by atoms with van der Waals surface area (Å²) in [6, 6.07) is 78.3. The van der Waals surface area contributed by atoms with Gasteiger partial charge in [-0.25, -0.2) is 0 Å². The molecule has 0 N–H and O–H groups in total. The van der Waals surface area contributed by atoms with Gasteiger partial charge in [-0.15, -0.1) is 0 Å². The summed E-state index contributed by atoms with van der Waals surface area (Å²) in [6.07, 6.45) is 17.2. The van der Waals surface area contributed by atoms with Crippen molar-refractivity contribution in [3.63, 3.8) is 0 Å². The van der Waals surface area contributed by atoms with Gasteiger partial charge >= 0.3 is 0 Å². The van der Waals surface area contributed by atoms with Crippen molar-refractivity contribution in [3.05, 3.63) is 266 Å². The molecule has 0 saturated carbocycles. The lowest BCUT2D eigenvalue weighted by molar-refractivity contribution is 0.836. The molecule has 11 aromatic carbocycles. The highest BCUT2D eigenvalue weighted by Crippen LogP contribution is 2.43. The Kier molecular flexibility index (Phi) is 9.83. The van der Waals surface area contributed by atoms with Crippen LogP contribution in [0.2, 0.25) is 0 Å². The maximum atomic E-state index is 2.46. The molecule has 0 bridgehead atoms. The van der Waals surface area contributed by atoms with Crippen LogP contribution in [0.25, 0.3) is 75.8 Å². The van der Waals surface area contributed by atoms with Gasteiger partial charge in [0, 0.05) is 40.1 Å². The van der Waals surface area contributed by atoms with E-state index in [2.05, 4.69) is 259 Å². The van der Waals surface area contributed by atoms with Crippen LogP contribution in [-0.4, -0.2) is 0 Å². The molecule has 2 heteroatoms. The Morgan fingerprint density at radius 1 is 0.309 bits per heavy atom. The van der Waals surface area contributed by atoms with E-state index in [0.717, 1.165) is 36.3 Å². The molecule has 0 spiro atoms. The lowest BCUT2D eigenvalue weighted by Gasteiger charge is -2.31. The highest BCUT2D eigenvalue weighted by atomic mass is 15.2. The number of benzene rings is 11. The molecular weight excluding hydrogens is 821 g/mol. The summed E-state index contributed by atoms with van der Waals surface area (Å²) in [4.78, 5) is 4.83. The van der Waals surface area contributed by atoms with Gasteiger partial charge in [0.15, 0.2) is 0 Å². The van der Waals surface area contributed by atoms with E-state index in [1.807, 2.05) is 0 Å². The summed E-state index contributed by atoms with van der Waals surface area (Å²) in [5, 5.41) is 15.4. The third kappa shape index (κ3) is 6.88.